The van der Waals surface area contributed by atoms with E-state index in [0.29, 0.717) is 0 Å². The summed E-state index contributed by atoms with van der Waals surface area (Å²) in [5.74, 6) is 7.78. The van der Waals surface area contributed by atoms with Crippen LogP contribution in [-0.4, -0.2) is 18.0 Å². The average Bonchev–Trinajstić information content (AvgIpc) is 2.17. The van der Waals surface area contributed by atoms with Gasteiger partial charge in [0.15, 0.2) is 0 Å². The van der Waals surface area contributed by atoms with Gasteiger partial charge in [0.05, 0.1) is 0 Å². The first-order chi connectivity index (χ1) is 6.60. The number of carbonyl (C=O) groups excluding carboxylic acids is 3. The Morgan fingerprint density at radius 2 is 1.71 bits per heavy atom. The highest BCUT2D eigenvalue weighted by molar-refractivity contribution is 5.84. The molecule has 0 heterocycles. The summed E-state index contributed by atoms with van der Waals surface area (Å²) in [5, 5.41) is 0. The topological polar surface area (TPSA) is 134 Å². The lowest BCUT2D eigenvalue weighted by molar-refractivity contribution is -0.144. The standard InChI is InChI=1S/C6H11N3O5/c7-9-6(12)13-4(10)2-1-3-5(11)14-8/h1-3,7-8H2,(H,9,12). The van der Waals surface area contributed by atoms with Gasteiger partial charge in [-0.15, -0.1) is 0 Å². The van der Waals surface area contributed by atoms with Crippen LogP contribution in [0, 0.1) is 0 Å². The molecule has 0 rings (SSSR count). The lowest BCUT2D eigenvalue weighted by Crippen LogP contribution is -2.32. The van der Waals surface area contributed by atoms with Crippen molar-refractivity contribution in [3.8, 4) is 0 Å². The average molecular weight is 205 g/mol. The fourth-order valence-corrected chi connectivity index (χ4v) is 0.620. The van der Waals surface area contributed by atoms with Crippen LogP contribution in [0.2, 0.25) is 0 Å². The Hall–Kier alpha value is -1.67. The summed E-state index contributed by atoms with van der Waals surface area (Å²) >= 11 is 0. The van der Waals surface area contributed by atoms with E-state index in [-0.39, 0.29) is 19.3 Å². The number of hydrogen-bond acceptors (Lipinski definition) is 7. The molecule has 0 aliphatic rings. The van der Waals surface area contributed by atoms with Gasteiger partial charge in [0.25, 0.3) is 0 Å². The highest BCUT2D eigenvalue weighted by atomic mass is 16.7. The van der Waals surface area contributed by atoms with Crippen molar-refractivity contribution in [1.29, 1.82) is 0 Å². The maximum Gasteiger partial charge on any atom is 0.429 e. The maximum atomic E-state index is 10.8. The molecular formula is C6H11N3O5. The first-order valence-corrected chi connectivity index (χ1v) is 3.71. The van der Waals surface area contributed by atoms with Gasteiger partial charge < -0.3 is 9.57 Å². The van der Waals surface area contributed by atoms with Crippen molar-refractivity contribution in [2.24, 2.45) is 11.7 Å². The number of rotatable bonds is 4. The number of hydrazine groups is 1. The minimum atomic E-state index is -1.04. The van der Waals surface area contributed by atoms with E-state index in [1.165, 1.54) is 0 Å². The molecule has 5 N–H and O–H groups in total. The monoisotopic (exact) mass is 205 g/mol. The maximum absolute atomic E-state index is 10.8. The molecule has 0 fully saturated rings. The number of hydrogen-bond donors (Lipinski definition) is 3. The van der Waals surface area contributed by atoms with Crippen molar-refractivity contribution < 1.29 is 24.0 Å². The van der Waals surface area contributed by atoms with Crippen molar-refractivity contribution in [3.63, 3.8) is 0 Å². The Morgan fingerprint density at radius 3 is 2.21 bits per heavy atom. The third kappa shape index (κ3) is 5.91. The van der Waals surface area contributed by atoms with E-state index in [2.05, 4.69) is 21.3 Å². The quantitative estimate of drug-likeness (QED) is 0.171. The summed E-state index contributed by atoms with van der Waals surface area (Å²) in [5.41, 5.74) is 1.61. The van der Waals surface area contributed by atoms with E-state index >= 15 is 0 Å². The van der Waals surface area contributed by atoms with Crippen LogP contribution in [0.5, 0.6) is 0 Å². The molecule has 0 unspecified atom stereocenters. The number of esters is 1. The van der Waals surface area contributed by atoms with Crippen molar-refractivity contribution in [2.45, 2.75) is 19.3 Å². The van der Waals surface area contributed by atoms with Gasteiger partial charge in [0.1, 0.15) is 0 Å². The van der Waals surface area contributed by atoms with Gasteiger partial charge in [0.2, 0.25) is 0 Å². The molecule has 0 aliphatic carbocycles. The zero-order chi connectivity index (χ0) is 11.0. The van der Waals surface area contributed by atoms with E-state index in [1.807, 2.05) is 0 Å². The fourth-order valence-electron chi connectivity index (χ4n) is 0.620. The molecule has 8 nitrogen and oxygen atoms in total. The van der Waals surface area contributed by atoms with E-state index in [9.17, 15) is 14.4 Å². The second kappa shape index (κ2) is 6.80. The van der Waals surface area contributed by atoms with E-state index in [1.54, 1.807) is 5.43 Å². The minimum Gasteiger partial charge on any atom is -0.375 e. The number of amides is 1. The normalized spacial score (nSPS) is 9.00. The lowest BCUT2D eigenvalue weighted by Gasteiger charge is -2.00. The van der Waals surface area contributed by atoms with Crippen LogP contribution < -0.4 is 17.2 Å². The van der Waals surface area contributed by atoms with Gasteiger partial charge in [-0.2, -0.15) is 5.90 Å². The van der Waals surface area contributed by atoms with Gasteiger partial charge in [-0.3, -0.25) is 15.0 Å². The molecule has 0 aromatic rings. The second-order valence-corrected chi connectivity index (χ2v) is 2.25. The molecule has 0 saturated heterocycles. The van der Waals surface area contributed by atoms with Crippen molar-refractivity contribution in [3.05, 3.63) is 0 Å². The Bertz CT molecular complexity index is 230. The first kappa shape index (κ1) is 12.3. The Labute approximate surface area is 79.4 Å². The molecule has 0 saturated carbocycles. The molecule has 0 atom stereocenters. The number of nitrogens with two attached hydrogens (primary N) is 2. The van der Waals surface area contributed by atoms with E-state index < -0.39 is 18.0 Å². The van der Waals surface area contributed by atoms with Crippen LogP contribution in [-0.2, 0) is 19.2 Å². The molecule has 0 bridgehead atoms. The molecule has 1 amide bonds. The summed E-state index contributed by atoms with van der Waals surface area (Å²) in [6, 6.07) is 0. The smallest absolute Gasteiger partial charge is 0.375 e. The predicted molar refractivity (Wildman–Crippen MR) is 42.9 cm³/mol. The van der Waals surface area contributed by atoms with Crippen molar-refractivity contribution in [1.82, 2.24) is 5.43 Å². The minimum absolute atomic E-state index is 0.0180. The second-order valence-electron chi connectivity index (χ2n) is 2.25. The number of ether oxygens (including phenoxy) is 1. The Kier molecular flexibility index (Phi) is 5.99. The van der Waals surface area contributed by atoms with Crippen LogP contribution in [0.1, 0.15) is 19.3 Å². The summed E-state index contributed by atoms with van der Waals surface area (Å²) in [6.45, 7) is 0. The summed E-state index contributed by atoms with van der Waals surface area (Å²) in [7, 11) is 0. The zero-order valence-corrected chi connectivity index (χ0v) is 7.32. The van der Waals surface area contributed by atoms with Gasteiger partial charge in [-0.1, -0.05) is 0 Å². The van der Waals surface area contributed by atoms with Gasteiger partial charge in [-0.05, 0) is 6.42 Å². The van der Waals surface area contributed by atoms with Gasteiger partial charge in [-0.25, -0.2) is 10.6 Å². The highest BCUT2D eigenvalue weighted by Gasteiger charge is 2.09. The molecule has 0 aliphatic heterocycles. The molecule has 8 heteroatoms. The SMILES string of the molecule is NNC(=O)OC(=O)CCCC(=O)ON. The molecule has 0 aromatic carbocycles. The molecular weight excluding hydrogens is 194 g/mol. The number of nitrogens with one attached hydrogen (secondary N) is 1. The molecule has 0 aromatic heterocycles. The van der Waals surface area contributed by atoms with Crippen LogP contribution in [0.4, 0.5) is 4.79 Å². The predicted octanol–water partition coefficient (Wildman–Crippen LogP) is -1.30. The number of carbonyl (C=O) groups is 3. The van der Waals surface area contributed by atoms with E-state index in [0.717, 1.165) is 0 Å². The lowest BCUT2D eigenvalue weighted by atomic mass is 10.2. The molecule has 0 radical (unpaired) electrons. The largest absolute Gasteiger partial charge is 0.429 e. The van der Waals surface area contributed by atoms with Crippen LogP contribution in [0.15, 0.2) is 0 Å². The van der Waals surface area contributed by atoms with Gasteiger partial charge in [0, 0.05) is 12.8 Å². The van der Waals surface area contributed by atoms with Crippen LogP contribution in [0.3, 0.4) is 0 Å². The van der Waals surface area contributed by atoms with Crippen molar-refractivity contribution in [2.75, 3.05) is 0 Å². The van der Waals surface area contributed by atoms with Gasteiger partial charge >= 0.3 is 18.0 Å². The van der Waals surface area contributed by atoms with Crippen LogP contribution >= 0.6 is 0 Å². The van der Waals surface area contributed by atoms with Crippen molar-refractivity contribution >= 4 is 18.0 Å². The summed E-state index contributed by atoms with van der Waals surface area (Å²) < 4.78 is 4.12. The molecule has 14 heavy (non-hydrogen) atoms. The zero-order valence-electron chi connectivity index (χ0n) is 7.32. The summed E-state index contributed by atoms with van der Waals surface area (Å²) in [4.78, 5) is 35.5. The molecule has 0 spiro atoms. The van der Waals surface area contributed by atoms with E-state index in [4.69, 9.17) is 0 Å². The van der Waals surface area contributed by atoms with Crippen LogP contribution in [0.25, 0.3) is 0 Å². The highest BCUT2D eigenvalue weighted by Crippen LogP contribution is 1.98. The third-order valence-electron chi connectivity index (χ3n) is 1.22. The third-order valence-corrected chi connectivity index (χ3v) is 1.22. The Balaban J connectivity index is 3.54. The molecule has 80 valence electrons. The summed E-state index contributed by atoms with van der Waals surface area (Å²) in [6.07, 6.45) is -0.971. The fraction of sp³-hybridized carbons (Fsp3) is 0.500. The Morgan fingerprint density at radius 1 is 1.14 bits per heavy atom. The first-order valence-electron chi connectivity index (χ1n) is 3.71.